The van der Waals surface area contributed by atoms with Crippen LogP contribution in [0.2, 0.25) is 0 Å². The second-order valence-electron chi connectivity index (χ2n) is 3.99. The zero-order valence-corrected chi connectivity index (χ0v) is 10.6. The number of hydrogen-bond donors (Lipinski definition) is 1. The lowest BCUT2D eigenvalue weighted by atomic mass is 10.3. The van der Waals surface area contributed by atoms with Crippen molar-refractivity contribution in [3.8, 4) is 5.88 Å². The molecule has 2 rings (SSSR count). The monoisotopic (exact) mass is 247 g/mol. The summed E-state index contributed by atoms with van der Waals surface area (Å²) in [4.78, 5) is 4.15. The second kappa shape index (κ2) is 6.11. The van der Waals surface area contributed by atoms with Crippen LogP contribution in [0.3, 0.4) is 0 Å². The van der Waals surface area contributed by atoms with E-state index in [1.165, 1.54) is 0 Å². The molecule has 0 amide bonds. The molecule has 2 aromatic rings. The molecule has 0 atom stereocenters. The van der Waals surface area contributed by atoms with Crippen LogP contribution in [0.1, 0.15) is 11.4 Å². The standard InChI is InChI=1S/C12H17N5O/c1-17-9-15-16-11(17)5-6-13-7-10-3-4-12(18-2)14-8-10/h3-4,8-9,13H,5-7H2,1-2H3. The van der Waals surface area contributed by atoms with Gasteiger partial charge in [0.1, 0.15) is 12.2 Å². The van der Waals surface area contributed by atoms with Crippen molar-refractivity contribution in [1.29, 1.82) is 0 Å². The van der Waals surface area contributed by atoms with E-state index in [9.17, 15) is 0 Å². The highest BCUT2D eigenvalue weighted by Gasteiger charge is 2.00. The van der Waals surface area contributed by atoms with Gasteiger partial charge in [-0.1, -0.05) is 6.07 Å². The van der Waals surface area contributed by atoms with Crippen molar-refractivity contribution in [3.05, 3.63) is 36.0 Å². The fraction of sp³-hybridized carbons (Fsp3) is 0.417. The minimum Gasteiger partial charge on any atom is -0.481 e. The highest BCUT2D eigenvalue weighted by Crippen LogP contribution is 2.06. The first-order chi connectivity index (χ1) is 8.79. The smallest absolute Gasteiger partial charge is 0.212 e. The quantitative estimate of drug-likeness (QED) is 0.755. The Hall–Kier alpha value is -1.95. The van der Waals surface area contributed by atoms with E-state index >= 15 is 0 Å². The summed E-state index contributed by atoms with van der Waals surface area (Å²) in [5.74, 6) is 1.62. The van der Waals surface area contributed by atoms with Crippen LogP contribution in [0.4, 0.5) is 0 Å². The molecule has 0 saturated carbocycles. The summed E-state index contributed by atoms with van der Waals surface area (Å²) in [6, 6.07) is 3.86. The third-order valence-corrected chi connectivity index (χ3v) is 2.67. The minimum atomic E-state index is 0.637. The molecule has 6 heteroatoms. The lowest BCUT2D eigenvalue weighted by Crippen LogP contribution is -2.18. The van der Waals surface area contributed by atoms with Crippen LogP contribution in [0, 0.1) is 0 Å². The van der Waals surface area contributed by atoms with Crippen LogP contribution < -0.4 is 10.1 Å². The maximum absolute atomic E-state index is 5.01. The minimum absolute atomic E-state index is 0.637. The van der Waals surface area contributed by atoms with Crippen molar-refractivity contribution in [2.75, 3.05) is 13.7 Å². The van der Waals surface area contributed by atoms with E-state index in [1.807, 2.05) is 29.9 Å². The van der Waals surface area contributed by atoms with E-state index in [-0.39, 0.29) is 0 Å². The third-order valence-electron chi connectivity index (χ3n) is 2.67. The van der Waals surface area contributed by atoms with Gasteiger partial charge in [0.15, 0.2) is 0 Å². The van der Waals surface area contributed by atoms with Crippen LogP contribution >= 0.6 is 0 Å². The maximum atomic E-state index is 5.01. The fourth-order valence-corrected chi connectivity index (χ4v) is 1.60. The first-order valence-corrected chi connectivity index (χ1v) is 5.82. The molecule has 0 radical (unpaired) electrons. The topological polar surface area (TPSA) is 64.9 Å². The normalized spacial score (nSPS) is 10.6. The molecule has 6 nitrogen and oxygen atoms in total. The maximum Gasteiger partial charge on any atom is 0.212 e. The molecule has 0 fully saturated rings. The Balaban J connectivity index is 1.73. The Bertz CT molecular complexity index is 479. The van der Waals surface area contributed by atoms with Crippen LogP contribution in [-0.4, -0.2) is 33.4 Å². The molecule has 0 aliphatic heterocycles. The van der Waals surface area contributed by atoms with Gasteiger partial charge in [0.05, 0.1) is 7.11 Å². The highest BCUT2D eigenvalue weighted by molar-refractivity contribution is 5.17. The predicted octanol–water partition coefficient (Wildman–Crippen LogP) is 0.551. The summed E-state index contributed by atoms with van der Waals surface area (Å²) in [6.07, 6.45) is 4.39. The molecule has 0 saturated heterocycles. The lowest BCUT2D eigenvalue weighted by molar-refractivity contribution is 0.397. The fourth-order valence-electron chi connectivity index (χ4n) is 1.60. The average Bonchev–Trinajstić information content (AvgIpc) is 2.81. The summed E-state index contributed by atoms with van der Waals surface area (Å²) >= 11 is 0. The number of pyridine rings is 1. The van der Waals surface area contributed by atoms with E-state index < -0.39 is 0 Å². The largest absolute Gasteiger partial charge is 0.481 e. The number of aryl methyl sites for hydroxylation is 1. The molecule has 0 aliphatic carbocycles. The number of nitrogens with one attached hydrogen (secondary N) is 1. The van der Waals surface area contributed by atoms with Gasteiger partial charge in [0.2, 0.25) is 5.88 Å². The number of ether oxygens (including phenoxy) is 1. The average molecular weight is 247 g/mol. The Kier molecular flexibility index (Phi) is 4.25. The summed E-state index contributed by atoms with van der Waals surface area (Å²) in [7, 11) is 3.56. The molecule has 18 heavy (non-hydrogen) atoms. The lowest BCUT2D eigenvalue weighted by Gasteiger charge is -2.05. The molecule has 0 spiro atoms. The van der Waals surface area contributed by atoms with Crippen LogP contribution in [0.15, 0.2) is 24.7 Å². The molecular weight excluding hydrogens is 230 g/mol. The van der Waals surface area contributed by atoms with Gasteiger partial charge in [-0.05, 0) is 5.56 Å². The number of methoxy groups -OCH3 is 1. The Morgan fingerprint density at radius 3 is 2.89 bits per heavy atom. The van der Waals surface area contributed by atoms with Gasteiger partial charge in [-0.3, -0.25) is 0 Å². The number of rotatable bonds is 6. The van der Waals surface area contributed by atoms with Crippen molar-refractivity contribution < 1.29 is 4.74 Å². The summed E-state index contributed by atoms with van der Waals surface area (Å²) in [5, 5.41) is 11.2. The first kappa shape index (κ1) is 12.5. The van der Waals surface area contributed by atoms with Crippen molar-refractivity contribution in [2.45, 2.75) is 13.0 Å². The van der Waals surface area contributed by atoms with Gasteiger partial charge >= 0.3 is 0 Å². The zero-order chi connectivity index (χ0) is 12.8. The van der Waals surface area contributed by atoms with Gasteiger partial charge in [0, 0.05) is 38.8 Å². The molecule has 96 valence electrons. The second-order valence-corrected chi connectivity index (χ2v) is 3.99. The predicted molar refractivity (Wildman–Crippen MR) is 67.2 cm³/mol. The van der Waals surface area contributed by atoms with E-state index in [2.05, 4.69) is 20.5 Å². The van der Waals surface area contributed by atoms with E-state index in [0.717, 1.165) is 30.9 Å². The zero-order valence-electron chi connectivity index (χ0n) is 10.6. The Morgan fingerprint density at radius 1 is 1.39 bits per heavy atom. The van der Waals surface area contributed by atoms with Crippen LogP contribution in [0.25, 0.3) is 0 Å². The van der Waals surface area contributed by atoms with Gasteiger partial charge < -0.3 is 14.6 Å². The van der Waals surface area contributed by atoms with E-state index in [0.29, 0.717) is 5.88 Å². The first-order valence-electron chi connectivity index (χ1n) is 5.82. The third kappa shape index (κ3) is 3.27. The Morgan fingerprint density at radius 2 is 2.28 bits per heavy atom. The van der Waals surface area contributed by atoms with Gasteiger partial charge in [-0.2, -0.15) is 0 Å². The summed E-state index contributed by atoms with van der Waals surface area (Å²) in [5.41, 5.74) is 1.13. The summed E-state index contributed by atoms with van der Waals surface area (Å²) < 4.78 is 6.93. The summed E-state index contributed by atoms with van der Waals surface area (Å²) in [6.45, 7) is 1.65. The molecule has 1 N–H and O–H groups in total. The molecule has 0 bridgehead atoms. The molecule has 0 aromatic carbocycles. The van der Waals surface area contributed by atoms with Crippen molar-refractivity contribution >= 4 is 0 Å². The van der Waals surface area contributed by atoms with Crippen LogP contribution in [-0.2, 0) is 20.0 Å². The van der Waals surface area contributed by atoms with Crippen LogP contribution in [0.5, 0.6) is 5.88 Å². The number of nitrogens with zero attached hydrogens (tertiary/aromatic N) is 4. The van der Waals surface area contributed by atoms with E-state index in [1.54, 1.807) is 13.4 Å². The van der Waals surface area contributed by atoms with Gasteiger partial charge in [0.25, 0.3) is 0 Å². The van der Waals surface area contributed by atoms with Crippen molar-refractivity contribution in [3.63, 3.8) is 0 Å². The Labute approximate surface area is 106 Å². The molecule has 0 unspecified atom stereocenters. The number of aromatic nitrogens is 4. The van der Waals surface area contributed by atoms with Crippen molar-refractivity contribution in [2.24, 2.45) is 7.05 Å². The molecule has 2 heterocycles. The van der Waals surface area contributed by atoms with E-state index in [4.69, 9.17) is 4.74 Å². The molecule has 2 aromatic heterocycles. The van der Waals surface area contributed by atoms with Crippen molar-refractivity contribution in [1.82, 2.24) is 25.1 Å². The van der Waals surface area contributed by atoms with Gasteiger partial charge in [-0.15, -0.1) is 10.2 Å². The van der Waals surface area contributed by atoms with Gasteiger partial charge in [-0.25, -0.2) is 4.98 Å². The SMILES string of the molecule is COc1ccc(CNCCc2nncn2C)cn1. The molecule has 0 aliphatic rings. The molecular formula is C12H17N5O. The number of hydrogen-bond acceptors (Lipinski definition) is 5. The highest BCUT2D eigenvalue weighted by atomic mass is 16.5.